The van der Waals surface area contributed by atoms with Gasteiger partial charge in [-0.1, -0.05) is 36.0 Å². The molecule has 25 heavy (non-hydrogen) atoms. The highest BCUT2D eigenvalue weighted by Gasteiger charge is 2.23. The molecule has 1 atom stereocenters. The molecule has 1 unspecified atom stereocenters. The van der Waals surface area contributed by atoms with E-state index in [9.17, 15) is 4.79 Å². The van der Waals surface area contributed by atoms with E-state index >= 15 is 0 Å². The minimum absolute atomic E-state index is 0.0856. The lowest BCUT2D eigenvalue weighted by Crippen LogP contribution is -2.14. The van der Waals surface area contributed by atoms with Gasteiger partial charge in [0, 0.05) is 22.2 Å². The molecule has 0 aliphatic rings. The van der Waals surface area contributed by atoms with E-state index in [1.54, 1.807) is 11.3 Å². The molecule has 0 amide bonds. The largest absolute Gasteiger partial charge is 0.358 e. The predicted molar refractivity (Wildman–Crippen MR) is 102 cm³/mol. The summed E-state index contributed by atoms with van der Waals surface area (Å²) < 4.78 is 0. The summed E-state index contributed by atoms with van der Waals surface area (Å²) in [6.07, 6.45) is 0. The number of ketones is 1. The molecule has 0 bridgehead atoms. The van der Waals surface area contributed by atoms with Crippen LogP contribution >= 0.6 is 23.1 Å². The molecule has 0 spiro atoms. The SMILES string of the molecule is Cc1[nH]c2ccccc2c1C(=O)C(C)Sc1n[nH]c(-c2cccs2)n1. The maximum absolute atomic E-state index is 13.0. The number of aryl methyl sites for hydroxylation is 1. The van der Waals surface area contributed by atoms with Crippen LogP contribution in [0.3, 0.4) is 0 Å². The van der Waals surface area contributed by atoms with Crippen molar-refractivity contribution in [2.24, 2.45) is 0 Å². The Bertz CT molecular complexity index is 1030. The number of thiophene rings is 1. The molecular formula is C18H16N4OS2. The molecule has 2 N–H and O–H groups in total. The molecule has 0 radical (unpaired) electrons. The molecule has 0 aliphatic heterocycles. The molecule has 3 aromatic heterocycles. The first-order chi connectivity index (χ1) is 12.1. The molecule has 126 valence electrons. The lowest BCUT2D eigenvalue weighted by Gasteiger charge is -2.08. The summed E-state index contributed by atoms with van der Waals surface area (Å²) in [5.74, 6) is 0.822. The third kappa shape index (κ3) is 3.01. The Balaban J connectivity index is 1.57. The third-order valence-corrected chi connectivity index (χ3v) is 5.85. The van der Waals surface area contributed by atoms with Crippen LogP contribution in [0.2, 0.25) is 0 Å². The molecule has 4 rings (SSSR count). The van der Waals surface area contributed by atoms with Gasteiger partial charge >= 0.3 is 0 Å². The number of carbonyl (C=O) groups is 1. The second-order valence-corrected chi connectivity index (χ2v) is 7.99. The van der Waals surface area contributed by atoms with Crippen molar-refractivity contribution < 1.29 is 4.79 Å². The normalized spacial score (nSPS) is 12.6. The highest BCUT2D eigenvalue weighted by Crippen LogP contribution is 2.30. The van der Waals surface area contributed by atoms with Crippen molar-refractivity contribution in [3.05, 3.63) is 53.0 Å². The quantitative estimate of drug-likeness (QED) is 0.396. The van der Waals surface area contributed by atoms with Gasteiger partial charge in [-0.25, -0.2) is 4.98 Å². The Morgan fingerprint density at radius 1 is 1.24 bits per heavy atom. The van der Waals surface area contributed by atoms with Crippen molar-refractivity contribution in [2.45, 2.75) is 24.3 Å². The molecule has 4 aromatic rings. The van der Waals surface area contributed by atoms with Gasteiger partial charge in [0.25, 0.3) is 0 Å². The first-order valence-electron chi connectivity index (χ1n) is 7.88. The number of Topliss-reactive ketones (excluding diaryl/α,β-unsaturated/α-hetero) is 1. The number of para-hydroxylation sites is 1. The second-order valence-electron chi connectivity index (χ2n) is 5.74. The van der Waals surface area contributed by atoms with E-state index in [2.05, 4.69) is 20.2 Å². The zero-order valence-electron chi connectivity index (χ0n) is 13.7. The lowest BCUT2D eigenvalue weighted by molar-refractivity contribution is 0.0995. The van der Waals surface area contributed by atoms with Gasteiger partial charge in [-0.15, -0.1) is 16.4 Å². The molecule has 3 heterocycles. The van der Waals surface area contributed by atoms with Gasteiger partial charge in [0.2, 0.25) is 5.16 Å². The van der Waals surface area contributed by atoms with Gasteiger partial charge in [-0.05, 0) is 31.4 Å². The number of hydrogen-bond donors (Lipinski definition) is 2. The summed E-state index contributed by atoms with van der Waals surface area (Å²) in [7, 11) is 0. The molecule has 0 saturated heterocycles. The second kappa shape index (κ2) is 6.50. The maximum Gasteiger partial charge on any atom is 0.209 e. The fourth-order valence-electron chi connectivity index (χ4n) is 2.83. The summed E-state index contributed by atoms with van der Waals surface area (Å²) in [5, 5.41) is 10.4. The highest BCUT2D eigenvalue weighted by atomic mass is 32.2. The number of thioether (sulfide) groups is 1. The molecule has 0 aliphatic carbocycles. The van der Waals surface area contributed by atoms with Crippen molar-refractivity contribution in [1.29, 1.82) is 0 Å². The topological polar surface area (TPSA) is 74.4 Å². The number of aromatic nitrogens is 4. The van der Waals surface area contributed by atoms with Crippen LogP contribution in [0, 0.1) is 6.92 Å². The summed E-state index contributed by atoms with van der Waals surface area (Å²) >= 11 is 2.97. The fraction of sp³-hybridized carbons (Fsp3) is 0.167. The van der Waals surface area contributed by atoms with Gasteiger partial charge < -0.3 is 4.98 Å². The summed E-state index contributed by atoms with van der Waals surface area (Å²) in [4.78, 5) is 21.8. The lowest BCUT2D eigenvalue weighted by atomic mass is 10.1. The number of aromatic amines is 2. The van der Waals surface area contributed by atoms with Crippen molar-refractivity contribution in [1.82, 2.24) is 20.2 Å². The van der Waals surface area contributed by atoms with E-state index in [0.717, 1.165) is 32.9 Å². The summed E-state index contributed by atoms with van der Waals surface area (Å²) in [6, 6.07) is 11.8. The molecule has 0 fully saturated rings. The molecular weight excluding hydrogens is 352 g/mol. The van der Waals surface area contributed by atoms with Crippen LogP contribution in [-0.2, 0) is 0 Å². The number of nitrogens with zero attached hydrogens (tertiary/aromatic N) is 2. The Labute approximate surface area is 152 Å². The first kappa shape index (κ1) is 16.1. The summed E-state index contributed by atoms with van der Waals surface area (Å²) in [5.41, 5.74) is 2.64. The average Bonchev–Trinajstić information content (AvgIpc) is 3.32. The first-order valence-corrected chi connectivity index (χ1v) is 9.64. The number of hydrogen-bond acceptors (Lipinski definition) is 5. The Morgan fingerprint density at radius 3 is 2.88 bits per heavy atom. The van der Waals surface area contributed by atoms with E-state index in [-0.39, 0.29) is 11.0 Å². The van der Waals surface area contributed by atoms with Gasteiger partial charge in [-0.3, -0.25) is 9.89 Å². The smallest absolute Gasteiger partial charge is 0.209 e. The Kier molecular flexibility index (Phi) is 4.19. The molecule has 5 nitrogen and oxygen atoms in total. The van der Waals surface area contributed by atoms with Gasteiger partial charge in [-0.2, -0.15) is 0 Å². The highest BCUT2D eigenvalue weighted by molar-refractivity contribution is 8.00. The standard InChI is InChI=1S/C18H16N4OS2/c1-10-15(12-6-3-4-7-13(12)19-10)16(23)11(2)25-18-20-17(21-22-18)14-8-5-9-24-14/h3-9,11,19H,1-2H3,(H,20,21,22). The van der Waals surface area contributed by atoms with Crippen molar-refractivity contribution in [3.63, 3.8) is 0 Å². The van der Waals surface area contributed by atoms with Gasteiger partial charge in [0.15, 0.2) is 11.6 Å². The number of fused-ring (bicyclic) bond motifs is 1. The third-order valence-electron chi connectivity index (χ3n) is 4.01. The number of rotatable bonds is 5. The molecule has 1 aromatic carbocycles. The van der Waals surface area contributed by atoms with Gasteiger partial charge in [0.1, 0.15) is 0 Å². The Morgan fingerprint density at radius 2 is 2.08 bits per heavy atom. The van der Waals surface area contributed by atoms with Crippen LogP contribution in [0.15, 0.2) is 46.9 Å². The van der Waals surface area contributed by atoms with Crippen LogP contribution < -0.4 is 0 Å². The number of carbonyl (C=O) groups excluding carboxylic acids is 1. The predicted octanol–water partition coefficient (Wildman–Crippen LogP) is 4.69. The average molecular weight is 368 g/mol. The number of nitrogens with one attached hydrogen (secondary N) is 2. The minimum Gasteiger partial charge on any atom is -0.358 e. The van der Waals surface area contributed by atoms with E-state index in [0.29, 0.717) is 5.16 Å². The monoisotopic (exact) mass is 368 g/mol. The summed E-state index contributed by atoms with van der Waals surface area (Å²) in [6.45, 7) is 3.84. The maximum atomic E-state index is 13.0. The number of H-pyrrole nitrogens is 2. The zero-order chi connectivity index (χ0) is 17.4. The zero-order valence-corrected chi connectivity index (χ0v) is 15.4. The van der Waals surface area contributed by atoms with Crippen molar-refractivity contribution in [3.8, 4) is 10.7 Å². The molecule has 7 heteroatoms. The van der Waals surface area contributed by atoms with Crippen LogP contribution in [0.1, 0.15) is 23.0 Å². The van der Waals surface area contributed by atoms with Gasteiger partial charge in [0.05, 0.1) is 10.1 Å². The van der Waals surface area contributed by atoms with E-state index < -0.39 is 0 Å². The minimum atomic E-state index is -0.273. The fourth-order valence-corrected chi connectivity index (χ4v) is 4.28. The van der Waals surface area contributed by atoms with E-state index in [1.807, 2.05) is 55.6 Å². The van der Waals surface area contributed by atoms with Crippen LogP contribution in [-0.4, -0.2) is 31.2 Å². The molecule has 0 saturated carbocycles. The number of benzene rings is 1. The van der Waals surface area contributed by atoms with Crippen LogP contribution in [0.4, 0.5) is 0 Å². The van der Waals surface area contributed by atoms with Crippen molar-refractivity contribution >= 4 is 39.8 Å². The van der Waals surface area contributed by atoms with Crippen LogP contribution in [0.25, 0.3) is 21.6 Å². The van der Waals surface area contributed by atoms with Crippen LogP contribution in [0.5, 0.6) is 0 Å². The van der Waals surface area contributed by atoms with E-state index in [1.165, 1.54) is 11.8 Å². The Hall–Kier alpha value is -2.38. The van der Waals surface area contributed by atoms with Crippen molar-refractivity contribution in [2.75, 3.05) is 0 Å². The van der Waals surface area contributed by atoms with E-state index in [4.69, 9.17) is 0 Å².